The van der Waals surface area contributed by atoms with E-state index in [0.717, 1.165) is 23.5 Å². The van der Waals surface area contributed by atoms with Gasteiger partial charge in [-0.05, 0) is 84.3 Å². The Bertz CT molecular complexity index is 2860. The van der Waals surface area contributed by atoms with Crippen molar-refractivity contribution >= 4 is 91.5 Å². The molecule has 2 heterocycles. The molecule has 0 saturated heterocycles. The lowest BCUT2D eigenvalue weighted by molar-refractivity contribution is 1.19. The van der Waals surface area contributed by atoms with Crippen molar-refractivity contribution in [2.75, 3.05) is 9.80 Å². The number of para-hydroxylation sites is 1. The zero-order valence-electron chi connectivity index (χ0n) is 28.9. The fraction of sp³-hybridized carbons (Fsp3) is 0.0204. The summed E-state index contributed by atoms with van der Waals surface area (Å²) >= 11 is 3.73. The quantitative estimate of drug-likeness (QED) is 0.162. The number of anilines is 5. The van der Waals surface area contributed by atoms with Crippen molar-refractivity contribution in [1.82, 2.24) is 0 Å². The van der Waals surface area contributed by atoms with Crippen molar-refractivity contribution < 1.29 is 0 Å². The summed E-state index contributed by atoms with van der Waals surface area (Å²) in [5.74, 6) is 0. The van der Waals surface area contributed by atoms with Crippen LogP contribution in [0.15, 0.2) is 200 Å². The number of fused-ring (bicyclic) bond motifs is 6. The Labute approximate surface area is 317 Å². The fourth-order valence-electron chi connectivity index (χ4n) is 7.59. The highest BCUT2D eigenvalue weighted by Gasteiger charge is 2.20. The Morgan fingerprint density at radius 1 is 0.396 bits per heavy atom. The molecule has 0 spiro atoms. The number of allylic oxidation sites excluding steroid dienone is 5. The summed E-state index contributed by atoms with van der Waals surface area (Å²) in [7, 11) is 0. The number of rotatable bonds is 7. The molecule has 252 valence electrons. The lowest BCUT2D eigenvalue weighted by Crippen LogP contribution is -2.15. The highest BCUT2D eigenvalue weighted by Crippen LogP contribution is 2.46. The minimum atomic E-state index is 0.892. The lowest BCUT2D eigenvalue weighted by Gasteiger charge is -2.27. The van der Waals surface area contributed by atoms with E-state index in [0.29, 0.717) is 0 Å². The molecule has 0 radical (unpaired) electrons. The van der Waals surface area contributed by atoms with Gasteiger partial charge in [-0.3, -0.25) is 0 Å². The predicted octanol–water partition coefficient (Wildman–Crippen LogP) is 15.1. The van der Waals surface area contributed by atoms with E-state index in [1.54, 1.807) is 0 Å². The van der Waals surface area contributed by atoms with Gasteiger partial charge >= 0.3 is 0 Å². The first-order chi connectivity index (χ1) is 26.3. The first-order valence-electron chi connectivity index (χ1n) is 18.0. The van der Waals surface area contributed by atoms with E-state index in [1.165, 1.54) is 68.5 Å². The summed E-state index contributed by atoms with van der Waals surface area (Å²) in [6.07, 6.45) is 11.9. The van der Waals surface area contributed by atoms with Crippen LogP contribution < -0.4 is 9.80 Å². The zero-order chi connectivity index (χ0) is 35.1. The summed E-state index contributed by atoms with van der Waals surface area (Å²) < 4.78 is 5.22. The van der Waals surface area contributed by atoms with Crippen LogP contribution in [0.2, 0.25) is 0 Å². The average molecular weight is 715 g/mol. The first kappa shape index (κ1) is 31.5. The molecule has 0 aliphatic heterocycles. The van der Waals surface area contributed by atoms with Gasteiger partial charge in [0.25, 0.3) is 0 Å². The van der Waals surface area contributed by atoms with Crippen molar-refractivity contribution in [1.29, 1.82) is 0 Å². The smallest absolute Gasteiger partial charge is 0.0640 e. The van der Waals surface area contributed by atoms with Crippen molar-refractivity contribution in [2.45, 2.75) is 6.42 Å². The highest BCUT2D eigenvalue weighted by atomic mass is 32.1. The first-order valence-corrected chi connectivity index (χ1v) is 19.6. The molecule has 2 nitrogen and oxygen atoms in total. The predicted molar refractivity (Wildman–Crippen MR) is 232 cm³/mol. The Hall–Kier alpha value is -6.20. The Kier molecular flexibility index (Phi) is 7.98. The summed E-state index contributed by atoms with van der Waals surface area (Å²) in [5.41, 5.74) is 9.34. The third-order valence-corrected chi connectivity index (χ3v) is 12.5. The standard InChI is InChI=1S/C49H34N2S2/c1-2-5-15-36(14-4-1)50(44-22-12-20-42-40-18-8-10-24-46(40)52-48(42)44)38-30-26-34(27-31-38)35-28-32-39(33-29-35)51(37-16-6-3-7-17-37)45-23-13-21-43-41-19-9-11-25-47(41)53-49(43)45/h1-4,6-33H,5H2. The van der Waals surface area contributed by atoms with Crippen LogP contribution in [0.1, 0.15) is 6.42 Å². The molecule has 0 bridgehead atoms. The van der Waals surface area contributed by atoms with Crippen LogP contribution in [0.4, 0.5) is 28.4 Å². The van der Waals surface area contributed by atoms with Crippen LogP contribution in [0, 0.1) is 0 Å². The Balaban J connectivity index is 1.03. The second-order valence-electron chi connectivity index (χ2n) is 13.3. The number of benzene rings is 7. The molecule has 0 unspecified atom stereocenters. The van der Waals surface area contributed by atoms with E-state index in [9.17, 15) is 0 Å². The van der Waals surface area contributed by atoms with Gasteiger partial charge in [0.1, 0.15) is 0 Å². The molecule has 0 atom stereocenters. The molecular formula is C49H34N2S2. The Morgan fingerprint density at radius 3 is 1.49 bits per heavy atom. The van der Waals surface area contributed by atoms with E-state index < -0.39 is 0 Å². The van der Waals surface area contributed by atoms with Crippen molar-refractivity contribution in [3.8, 4) is 11.1 Å². The molecule has 0 saturated carbocycles. The van der Waals surface area contributed by atoms with Gasteiger partial charge in [-0.25, -0.2) is 0 Å². The van der Waals surface area contributed by atoms with Gasteiger partial charge in [-0.1, -0.05) is 127 Å². The molecule has 0 fully saturated rings. The summed E-state index contributed by atoms with van der Waals surface area (Å²) in [6.45, 7) is 0. The van der Waals surface area contributed by atoms with Crippen LogP contribution in [0.25, 0.3) is 51.5 Å². The average Bonchev–Trinajstić information content (AvgIpc) is 3.68. The summed E-state index contributed by atoms with van der Waals surface area (Å²) in [4.78, 5) is 4.81. The maximum atomic E-state index is 2.42. The van der Waals surface area contributed by atoms with Crippen molar-refractivity contribution in [3.05, 3.63) is 200 Å². The number of hydrogen-bond acceptors (Lipinski definition) is 4. The molecule has 1 aliphatic carbocycles. The van der Waals surface area contributed by atoms with Crippen LogP contribution in [-0.2, 0) is 0 Å². The SMILES string of the molecule is C1=CCC=C(N(c2ccc(-c3ccc(N(c4ccccc4)c4cccc5c4sc4ccccc45)cc3)cc2)c2cccc3c2sc2ccccc23)C=C1. The van der Waals surface area contributed by atoms with Gasteiger partial charge in [0.05, 0.1) is 20.8 Å². The molecule has 10 rings (SSSR count). The summed E-state index contributed by atoms with van der Waals surface area (Å²) in [6, 6.07) is 59.6. The third kappa shape index (κ3) is 5.64. The van der Waals surface area contributed by atoms with Gasteiger partial charge in [0, 0.05) is 53.7 Å². The number of hydrogen-bond donors (Lipinski definition) is 0. The molecule has 4 heteroatoms. The molecule has 0 amide bonds. The number of nitrogens with zero attached hydrogens (tertiary/aromatic N) is 2. The maximum Gasteiger partial charge on any atom is 0.0640 e. The molecule has 53 heavy (non-hydrogen) atoms. The molecule has 7 aromatic carbocycles. The van der Waals surface area contributed by atoms with Gasteiger partial charge in [-0.2, -0.15) is 0 Å². The highest BCUT2D eigenvalue weighted by molar-refractivity contribution is 7.26. The van der Waals surface area contributed by atoms with Crippen LogP contribution in [-0.4, -0.2) is 0 Å². The van der Waals surface area contributed by atoms with Gasteiger partial charge < -0.3 is 9.80 Å². The van der Waals surface area contributed by atoms with Crippen LogP contribution >= 0.6 is 22.7 Å². The van der Waals surface area contributed by atoms with Gasteiger partial charge in [-0.15, -0.1) is 22.7 Å². The van der Waals surface area contributed by atoms with E-state index in [2.05, 4.69) is 204 Å². The lowest BCUT2D eigenvalue weighted by atomic mass is 10.0. The van der Waals surface area contributed by atoms with Crippen LogP contribution in [0.5, 0.6) is 0 Å². The second kappa shape index (κ2) is 13.4. The molecule has 0 N–H and O–H groups in total. The summed E-state index contributed by atoms with van der Waals surface area (Å²) in [5, 5.41) is 5.22. The van der Waals surface area contributed by atoms with E-state index >= 15 is 0 Å². The third-order valence-electron chi connectivity index (χ3n) is 10.1. The normalized spacial score (nSPS) is 12.8. The molecule has 2 aromatic heterocycles. The molecule has 9 aromatic rings. The van der Waals surface area contributed by atoms with E-state index in [-0.39, 0.29) is 0 Å². The monoisotopic (exact) mass is 714 g/mol. The Morgan fingerprint density at radius 2 is 0.887 bits per heavy atom. The second-order valence-corrected chi connectivity index (χ2v) is 15.4. The zero-order valence-corrected chi connectivity index (χ0v) is 30.5. The molecule has 1 aliphatic rings. The maximum absolute atomic E-state index is 2.42. The van der Waals surface area contributed by atoms with Crippen LogP contribution in [0.3, 0.4) is 0 Å². The fourth-order valence-corrected chi connectivity index (χ4v) is 10.0. The number of thiophene rings is 2. The van der Waals surface area contributed by atoms with E-state index in [4.69, 9.17) is 0 Å². The largest absolute Gasteiger partial charge is 0.309 e. The van der Waals surface area contributed by atoms with Crippen molar-refractivity contribution in [2.24, 2.45) is 0 Å². The van der Waals surface area contributed by atoms with E-state index in [1.807, 2.05) is 22.7 Å². The molecular weight excluding hydrogens is 681 g/mol. The van der Waals surface area contributed by atoms with Gasteiger partial charge in [0.2, 0.25) is 0 Å². The minimum Gasteiger partial charge on any atom is -0.309 e. The van der Waals surface area contributed by atoms with Gasteiger partial charge in [0.15, 0.2) is 0 Å². The van der Waals surface area contributed by atoms with Crippen molar-refractivity contribution in [3.63, 3.8) is 0 Å². The minimum absolute atomic E-state index is 0.892. The topological polar surface area (TPSA) is 6.48 Å².